The van der Waals surface area contributed by atoms with Gasteiger partial charge in [0.1, 0.15) is 11.5 Å². The van der Waals surface area contributed by atoms with Gasteiger partial charge in [0.2, 0.25) is 0 Å². The number of halogens is 1. The highest BCUT2D eigenvalue weighted by molar-refractivity contribution is 5.89. The third kappa shape index (κ3) is 4.30. The van der Waals surface area contributed by atoms with Crippen molar-refractivity contribution in [3.8, 4) is 0 Å². The lowest BCUT2D eigenvalue weighted by molar-refractivity contribution is 0.139. The number of carbonyl (C=O) groups excluding carboxylic acids is 1. The second kappa shape index (κ2) is 9.11. The van der Waals surface area contributed by atoms with Crippen LogP contribution < -0.4 is 16.2 Å². The van der Waals surface area contributed by atoms with Crippen LogP contribution in [-0.4, -0.2) is 33.6 Å². The monoisotopic (exact) mass is 483 g/mol. The quantitative estimate of drug-likeness (QED) is 0.437. The molecular formula is C28H26FN5O2. The molecule has 2 aromatic heterocycles. The molecule has 0 saturated carbocycles. The summed E-state index contributed by atoms with van der Waals surface area (Å²) in [5, 5.41) is 7.22. The van der Waals surface area contributed by atoms with E-state index in [2.05, 4.69) is 21.7 Å². The molecule has 2 atom stereocenters. The highest BCUT2D eigenvalue weighted by Crippen LogP contribution is 2.35. The summed E-state index contributed by atoms with van der Waals surface area (Å²) < 4.78 is 15.0. The topological polar surface area (TPSA) is 79.3 Å². The number of carbonyl (C=O) groups is 1. The molecule has 36 heavy (non-hydrogen) atoms. The number of pyridine rings is 2. The minimum absolute atomic E-state index is 0.0276. The number of hydrogen-bond acceptors (Lipinski definition) is 4. The number of anilines is 2. The third-order valence-electron chi connectivity index (χ3n) is 7.12. The Morgan fingerprint density at radius 3 is 2.72 bits per heavy atom. The van der Waals surface area contributed by atoms with E-state index in [4.69, 9.17) is 0 Å². The van der Waals surface area contributed by atoms with Crippen molar-refractivity contribution in [3.05, 3.63) is 100 Å². The van der Waals surface area contributed by atoms with Crippen molar-refractivity contribution < 1.29 is 9.18 Å². The zero-order valence-corrected chi connectivity index (χ0v) is 19.7. The molecule has 2 N–H and O–H groups in total. The number of para-hydroxylation sites is 1. The largest absolute Gasteiger partial charge is 0.376 e. The third-order valence-corrected chi connectivity index (χ3v) is 7.12. The highest BCUT2D eigenvalue weighted by Gasteiger charge is 2.36. The lowest BCUT2D eigenvalue weighted by Crippen LogP contribution is -2.50. The van der Waals surface area contributed by atoms with E-state index >= 15 is 0 Å². The molecule has 2 amide bonds. The molecule has 6 rings (SSSR count). The minimum Gasteiger partial charge on any atom is -0.376 e. The van der Waals surface area contributed by atoms with Crippen LogP contribution in [0, 0.1) is 11.7 Å². The average molecular weight is 484 g/mol. The molecule has 2 aliphatic heterocycles. The van der Waals surface area contributed by atoms with Crippen molar-refractivity contribution in [1.29, 1.82) is 0 Å². The molecule has 0 aliphatic carbocycles. The number of benzene rings is 2. The summed E-state index contributed by atoms with van der Waals surface area (Å²) in [5.41, 5.74) is 4.02. The van der Waals surface area contributed by atoms with Crippen LogP contribution in [-0.2, 0) is 13.1 Å². The molecule has 7 nitrogen and oxygen atoms in total. The highest BCUT2D eigenvalue weighted by atomic mass is 19.1. The Kier molecular flexibility index (Phi) is 5.64. The van der Waals surface area contributed by atoms with Gasteiger partial charge in [-0.2, -0.15) is 0 Å². The number of fused-ring (bicyclic) bond motifs is 5. The van der Waals surface area contributed by atoms with Gasteiger partial charge in [-0.1, -0.05) is 18.2 Å². The summed E-state index contributed by atoms with van der Waals surface area (Å²) in [7, 11) is 0. The second-order valence-electron chi connectivity index (χ2n) is 9.62. The molecule has 2 bridgehead atoms. The Hall–Kier alpha value is -4.20. The van der Waals surface area contributed by atoms with Crippen molar-refractivity contribution in [2.24, 2.45) is 5.92 Å². The Bertz CT molecular complexity index is 1500. The van der Waals surface area contributed by atoms with Gasteiger partial charge in [-0.15, -0.1) is 0 Å². The Balaban J connectivity index is 1.16. The first kappa shape index (κ1) is 22.3. The number of likely N-dealkylation sites (tertiary alicyclic amines) is 1. The van der Waals surface area contributed by atoms with E-state index in [1.165, 1.54) is 12.1 Å². The smallest absolute Gasteiger partial charge is 0.321 e. The molecule has 4 heterocycles. The van der Waals surface area contributed by atoms with Crippen LogP contribution in [0.4, 0.5) is 20.6 Å². The zero-order valence-electron chi connectivity index (χ0n) is 19.7. The molecule has 182 valence electrons. The van der Waals surface area contributed by atoms with Crippen LogP contribution in [0.15, 0.2) is 77.7 Å². The molecule has 8 heteroatoms. The van der Waals surface area contributed by atoms with Crippen LogP contribution in [0.2, 0.25) is 0 Å². The predicted molar refractivity (Wildman–Crippen MR) is 138 cm³/mol. The van der Waals surface area contributed by atoms with Crippen molar-refractivity contribution in [2.45, 2.75) is 25.4 Å². The van der Waals surface area contributed by atoms with Crippen LogP contribution in [0.3, 0.4) is 0 Å². The second-order valence-corrected chi connectivity index (χ2v) is 9.62. The Morgan fingerprint density at radius 2 is 1.86 bits per heavy atom. The number of piperidine rings is 1. The molecule has 2 aliphatic rings. The molecule has 1 fully saturated rings. The molecule has 0 radical (unpaired) electrons. The molecule has 2 aromatic carbocycles. The SMILES string of the molecule is O=C(Nc1ccc(F)cc1)N1C[C@@H]2C[C@H](C1)c1ccc(NCc3cnc4ccccc4c3)c(=O)n1C2. The Labute approximate surface area is 207 Å². The van der Waals surface area contributed by atoms with Crippen LogP contribution in [0.1, 0.15) is 23.6 Å². The van der Waals surface area contributed by atoms with Crippen LogP contribution in [0.5, 0.6) is 0 Å². The maximum Gasteiger partial charge on any atom is 0.321 e. The average Bonchev–Trinajstić information content (AvgIpc) is 2.89. The standard InChI is InChI=1S/C28H26FN5O2/c29-22-5-7-23(8-6-22)32-28(36)33-15-19-12-21(17-33)26-10-9-25(27(35)34(26)16-19)31-14-18-11-20-3-1-2-4-24(20)30-13-18/h1-11,13,19,21,31H,12,14-17H2,(H,32,36)/t19-,21+/m0/s1. The number of nitrogens with zero attached hydrogens (tertiary/aromatic N) is 3. The van der Waals surface area contributed by atoms with Crippen LogP contribution >= 0.6 is 0 Å². The van der Waals surface area contributed by atoms with Crippen molar-refractivity contribution in [1.82, 2.24) is 14.5 Å². The fraction of sp³-hybridized carbons (Fsp3) is 0.250. The van der Waals surface area contributed by atoms with Gasteiger partial charge in [0, 0.05) is 55.1 Å². The summed E-state index contributed by atoms with van der Waals surface area (Å²) in [5.74, 6) is -0.0406. The lowest BCUT2D eigenvalue weighted by atomic mass is 9.83. The van der Waals surface area contributed by atoms with Gasteiger partial charge in [0.25, 0.3) is 5.56 Å². The maximum absolute atomic E-state index is 13.3. The summed E-state index contributed by atoms with van der Waals surface area (Å²) in [6.45, 7) is 2.21. The first-order chi connectivity index (χ1) is 17.5. The van der Waals surface area contributed by atoms with Gasteiger partial charge in [0.05, 0.1) is 5.52 Å². The zero-order chi connectivity index (χ0) is 24.6. The summed E-state index contributed by atoms with van der Waals surface area (Å²) >= 11 is 0. The van der Waals surface area contributed by atoms with Gasteiger partial charge in [-0.05, 0) is 66.4 Å². The predicted octanol–water partition coefficient (Wildman–Crippen LogP) is 4.80. The van der Waals surface area contributed by atoms with Crippen molar-refractivity contribution >= 4 is 28.3 Å². The van der Waals surface area contributed by atoms with Gasteiger partial charge in [0.15, 0.2) is 0 Å². The maximum atomic E-state index is 13.3. The van der Waals surface area contributed by atoms with Gasteiger partial charge >= 0.3 is 6.03 Å². The normalized spacial score (nSPS) is 18.5. The number of hydrogen-bond donors (Lipinski definition) is 2. The number of aromatic nitrogens is 2. The fourth-order valence-electron chi connectivity index (χ4n) is 5.39. The minimum atomic E-state index is -0.342. The van der Waals surface area contributed by atoms with Gasteiger partial charge in [-0.25, -0.2) is 9.18 Å². The number of amides is 2. The molecular weight excluding hydrogens is 457 g/mol. The summed E-state index contributed by atoms with van der Waals surface area (Å²) in [6, 6.07) is 19.5. The molecule has 0 spiro atoms. The van der Waals surface area contributed by atoms with E-state index in [-0.39, 0.29) is 29.2 Å². The van der Waals surface area contributed by atoms with Gasteiger partial charge < -0.3 is 20.1 Å². The first-order valence-electron chi connectivity index (χ1n) is 12.2. The Morgan fingerprint density at radius 1 is 1.03 bits per heavy atom. The van der Waals surface area contributed by atoms with E-state index in [1.54, 1.807) is 17.0 Å². The number of nitrogens with one attached hydrogen (secondary N) is 2. The van der Waals surface area contributed by atoms with E-state index in [0.717, 1.165) is 28.6 Å². The van der Waals surface area contributed by atoms with E-state index in [9.17, 15) is 14.0 Å². The first-order valence-corrected chi connectivity index (χ1v) is 12.2. The lowest BCUT2D eigenvalue weighted by Gasteiger charge is -2.42. The van der Waals surface area contributed by atoms with E-state index in [0.29, 0.717) is 37.6 Å². The van der Waals surface area contributed by atoms with E-state index in [1.807, 2.05) is 47.2 Å². The summed E-state index contributed by atoms with van der Waals surface area (Å²) in [4.78, 5) is 32.5. The van der Waals surface area contributed by atoms with E-state index < -0.39 is 0 Å². The molecule has 0 unspecified atom stereocenters. The number of urea groups is 1. The summed E-state index contributed by atoms with van der Waals surface area (Å²) in [6.07, 6.45) is 2.79. The number of rotatable bonds is 4. The molecule has 1 saturated heterocycles. The molecule has 4 aromatic rings. The van der Waals surface area contributed by atoms with Crippen molar-refractivity contribution in [2.75, 3.05) is 23.7 Å². The van der Waals surface area contributed by atoms with Gasteiger partial charge in [-0.3, -0.25) is 9.78 Å². The van der Waals surface area contributed by atoms with Crippen LogP contribution in [0.25, 0.3) is 10.9 Å². The fourth-order valence-corrected chi connectivity index (χ4v) is 5.39. The van der Waals surface area contributed by atoms with Crippen molar-refractivity contribution in [3.63, 3.8) is 0 Å².